The molecule has 0 aromatic carbocycles. The molecule has 100 valence electrons. The molecule has 1 saturated carbocycles. The molecule has 3 atom stereocenters. The summed E-state index contributed by atoms with van der Waals surface area (Å²) in [6, 6.07) is 1.96. The lowest BCUT2D eigenvalue weighted by Gasteiger charge is -2.35. The van der Waals surface area contributed by atoms with Crippen LogP contribution in [-0.2, 0) is 11.8 Å². The summed E-state index contributed by atoms with van der Waals surface area (Å²) in [5, 5.41) is 13.6. The van der Waals surface area contributed by atoms with E-state index in [0.29, 0.717) is 11.8 Å². The second kappa shape index (κ2) is 5.12. The second-order valence-electron chi connectivity index (χ2n) is 5.75. The monoisotopic (exact) mass is 250 g/mol. The molecule has 1 aromatic heterocycles. The molecule has 1 fully saturated rings. The Morgan fingerprint density at radius 3 is 2.72 bits per heavy atom. The second-order valence-corrected chi connectivity index (χ2v) is 5.75. The van der Waals surface area contributed by atoms with Crippen LogP contribution < -0.4 is 0 Å². The van der Waals surface area contributed by atoms with E-state index in [1.165, 1.54) is 0 Å². The molecule has 0 aliphatic heterocycles. The number of nitrogens with zero attached hydrogens (tertiary/aromatic N) is 2. The van der Waals surface area contributed by atoms with E-state index in [-0.39, 0.29) is 11.8 Å². The quantitative estimate of drug-likeness (QED) is 0.897. The number of aliphatic carboxylic acids is 1. The average molecular weight is 250 g/mol. The molecule has 1 aromatic rings. The minimum Gasteiger partial charge on any atom is -0.481 e. The number of carboxylic acids is 1. The number of aromatic nitrogens is 2. The Hall–Kier alpha value is -1.32. The van der Waals surface area contributed by atoms with E-state index >= 15 is 0 Å². The van der Waals surface area contributed by atoms with Gasteiger partial charge in [-0.3, -0.25) is 9.48 Å². The molecule has 18 heavy (non-hydrogen) atoms. The van der Waals surface area contributed by atoms with Gasteiger partial charge in [-0.25, -0.2) is 0 Å². The minimum absolute atomic E-state index is 0.108. The molecular formula is C14H22N2O2. The summed E-state index contributed by atoms with van der Waals surface area (Å²) in [6.45, 7) is 4.46. The third kappa shape index (κ3) is 2.42. The molecule has 1 N–H and O–H groups in total. The van der Waals surface area contributed by atoms with E-state index in [4.69, 9.17) is 0 Å². The molecule has 2 rings (SSSR count). The normalized spacial score (nSPS) is 28.6. The fourth-order valence-electron chi connectivity index (χ4n) is 3.18. The van der Waals surface area contributed by atoms with E-state index in [1.54, 1.807) is 6.20 Å². The molecule has 4 heteroatoms. The third-order valence-electron chi connectivity index (χ3n) is 4.39. The van der Waals surface area contributed by atoms with Crippen molar-refractivity contribution in [3.8, 4) is 0 Å². The highest BCUT2D eigenvalue weighted by molar-refractivity contribution is 5.71. The molecular weight excluding hydrogens is 228 g/mol. The lowest BCUT2D eigenvalue weighted by Crippen LogP contribution is -2.32. The molecule has 0 saturated heterocycles. The Morgan fingerprint density at radius 2 is 2.22 bits per heavy atom. The van der Waals surface area contributed by atoms with Gasteiger partial charge in [0.15, 0.2) is 0 Å². The van der Waals surface area contributed by atoms with Crippen LogP contribution in [0.4, 0.5) is 0 Å². The number of rotatable bonds is 3. The third-order valence-corrected chi connectivity index (χ3v) is 4.39. The molecule has 1 aliphatic rings. The van der Waals surface area contributed by atoms with Crippen molar-refractivity contribution in [3.63, 3.8) is 0 Å². The Labute approximate surface area is 108 Å². The highest BCUT2D eigenvalue weighted by atomic mass is 16.4. The summed E-state index contributed by atoms with van der Waals surface area (Å²) in [4.78, 5) is 11.4. The zero-order valence-electron chi connectivity index (χ0n) is 11.3. The predicted octanol–water partition coefficient (Wildman–Crippen LogP) is 2.66. The Balaban J connectivity index is 2.25. The van der Waals surface area contributed by atoms with Crippen LogP contribution in [0, 0.1) is 17.8 Å². The number of aryl methyl sites for hydroxylation is 1. The maximum Gasteiger partial charge on any atom is 0.307 e. The molecule has 0 spiro atoms. The first kappa shape index (κ1) is 13.1. The highest BCUT2D eigenvalue weighted by Crippen LogP contribution is 2.42. The Bertz CT molecular complexity index is 425. The SMILES string of the molecule is CC(C)C1CCC(C(=O)O)C(c2ccnn2C)C1. The van der Waals surface area contributed by atoms with Crippen LogP contribution in [0.2, 0.25) is 0 Å². The van der Waals surface area contributed by atoms with Crippen LogP contribution in [0.25, 0.3) is 0 Å². The van der Waals surface area contributed by atoms with Gasteiger partial charge in [0.25, 0.3) is 0 Å². The van der Waals surface area contributed by atoms with Crippen molar-refractivity contribution in [1.82, 2.24) is 9.78 Å². The Kier molecular flexibility index (Phi) is 3.73. The molecule has 1 heterocycles. The van der Waals surface area contributed by atoms with Gasteiger partial charge in [0, 0.05) is 24.9 Å². The maximum atomic E-state index is 11.4. The van der Waals surface area contributed by atoms with Crippen LogP contribution >= 0.6 is 0 Å². The molecule has 3 unspecified atom stereocenters. The fourth-order valence-corrected chi connectivity index (χ4v) is 3.18. The number of carbonyl (C=O) groups is 1. The molecule has 0 bridgehead atoms. The van der Waals surface area contributed by atoms with Crippen molar-refractivity contribution in [1.29, 1.82) is 0 Å². The van der Waals surface area contributed by atoms with E-state index in [2.05, 4.69) is 18.9 Å². The van der Waals surface area contributed by atoms with Gasteiger partial charge in [-0.1, -0.05) is 13.8 Å². The number of hydrogen-bond donors (Lipinski definition) is 1. The van der Waals surface area contributed by atoms with Crippen LogP contribution in [0.5, 0.6) is 0 Å². The summed E-state index contributed by atoms with van der Waals surface area (Å²) in [5.41, 5.74) is 1.06. The summed E-state index contributed by atoms with van der Waals surface area (Å²) < 4.78 is 1.82. The first-order chi connectivity index (χ1) is 8.50. The van der Waals surface area contributed by atoms with Gasteiger partial charge in [0.2, 0.25) is 0 Å². The lowest BCUT2D eigenvalue weighted by molar-refractivity contribution is -0.144. The number of hydrogen-bond acceptors (Lipinski definition) is 2. The van der Waals surface area contributed by atoms with E-state index in [9.17, 15) is 9.90 Å². The zero-order chi connectivity index (χ0) is 13.3. The summed E-state index contributed by atoms with van der Waals surface area (Å²) in [7, 11) is 1.90. The zero-order valence-corrected chi connectivity index (χ0v) is 11.3. The van der Waals surface area contributed by atoms with Gasteiger partial charge < -0.3 is 5.11 Å². The van der Waals surface area contributed by atoms with Crippen LogP contribution in [-0.4, -0.2) is 20.9 Å². The van der Waals surface area contributed by atoms with Crippen molar-refractivity contribution < 1.29 is 9.90 Å². The van der Waals surface area contributed by atoms with Gasteiger partial charge >= 0.3 is 5.97 Å². The van der Waals surface area contributed by atoms with Crippen molar-refractivity contribution in [2.75, 3.05) is 0 Å². The lowest BCUT2D eigenvalue weighted by atomic mass is 9.69. The summed E-state index contributed by atoms with van der Waals surface area (Å²) in [5.74, 6) is 0.436. The maximum absolute atomic E-state index is 11.4. The average Bonchev–Trinajstić information content (AvgIpc) is 2.74. The van der Waals surface area contributed by atoms with Gasteiger partial charge in [-0.05, 0) is 37.2 Å². The van der Waals surface area contributed by atoms with Crippen LogP contribution in [0.15, 0.2) is 12.3 Å². The minimum atomic E-state index is -0.664. The van der Waals surface area contributed by atoms with E-state index in [1.807, 2.05) is 17.8 Å². The fraction of sp³-hybridized carbons (Fsp3) is 0.714. The summed E-state index contributed by atoms with van der Waals surface area (Å²) in [6.07, 6.45) is 4.54. The van der Waals surface area contributed by atoms with Gasteiger partial charge in [-0.15, -0.1) is 0 Å². The van der Waals surface area contributed by atoms with Crippen LogP contribution in [0.3, 0.4) is 0 Å². The van der Waals surface area contributed by atoms with Crippen molar-refractivity contribution in [2.45, 2.75) is 39.0 Å². The van der Waals surface area contributed by atoms with E-state index in [0.717, 1.165) is 25.0 Å². The van der Waals surface area contributed by atoms with Gasteiger partial charge in [-0.2, -0.15) is 5.10 Å². The van der Waals surface area contributed by atoms with E-state index < -0.39 is 5.97 Å². The Morgan fingerprint density at radius 1 is 1.50 bits per heavy atom. The van der Waals surface area contributed by atoms with Gasteiger partial charge in [0.1, 0.15) is 0 Å². The first-order valence-corrected chi connectivity index (χ1v) is 6.71. The van der Waals surface area contributed by atoms with Crippen LogP contribution in [0.1, 0.15) is 44.7 Å². The smallest absolute Gasteiger partial charge is 0.307 e. The van der Waals surface area contributed by atoms with Crippen molar-refractivity contribution >= 4 is 5.97 Å². The predicted molar refractivity (Wildman–Crippen MR) is 69.3 cm³/mol. The highest BCUT2D eigenvalue weighted by Gasteiger charge is 2.37. The first-order valence-electron chi connectivity index (χ1n) is 6.71. The molecule has 4 nitrogen and oxygen atoms in total. The standard InChI is InChI=1S/C14H22N2O2/c1-9(2)10-4-5-11(14(17)18)12(8-10)13-6-7-15-16(13)3/h6-7,9-12H,4-5,8H2,1-3H3,(H,17,18). The largest absolute Gasteiger partial charge is 0.481 e. The number of carboxylic acid groups (broad SMARTS) is 1. The van der Waals surface area contributed by atoms with Gasteiger partial charge in [0.05, 0.1) is 5.92 Å². The van der Waals surface area contributed by atoms with Crippen molar-refractivity contribution in [3.05, 3.63) is 18.0 Å². The molecule has 1 aliphatic carbocycles. The van der Waals surface area contributed by atoms with Crippen molar-refractivity contribution in [2.24, 2.45) is 24.8 Å². The summed E-state index contributed by atoms with van der Waals surface area (Å²) >= 11 is 0. The molecule has 0 radical (unpaired) electrons. The topological polar surface area (TPSA) is 55.1 Å². The molecule has 0 amide bonds.